The van der Waals surface area contributed by atoms with Crippen LogP contribution in [0.25, 0.3) is 0 Å². The van der Waals surface area contributed by atoms with Crippen LogP contribution in [0.2, 0.25) is 5.02 Å². The number of benzene rings is 1. The van der Waals surface area contributed by atoms with Gasteiger partial charge in [-0.1, -0.05) is 41.4 Å². The van der Waals surface area contributed by atoms with Gasteiger partial charge in [-0.15, -0.1) is 0 Å². The van der Waals surface area contributed by atoms with Crippen LogP contribution in [0.3, 0.4) is 0 Å². The van der Waals surface area contributed by atoms with E-state index in [0.29, 0.717) is 11.6 Å². The van der Waals surface area contributed by atoms with Crippen molar-refractivity contribution in [1.29, 1.82) is 0 Å². The molecule has 0 aromatic heterocycles. The highest BCUT2D eigenvalue weighted by Crippen LogP contribution is 2.42. The Hall–Kier alpha value is -1.07. The van der Waals surface area contributed by atoms with E-state index in [2.05, 4.69) is 15.9 Å². The molecule has 2 unspecified atom stereocenters. The molecule has 1 amide bonds. The maximum Gasteiger partial charge on any atom is 0.309 e. The van der Waals surface area contributed by atoms with Gasteiger partial charge in [-0.2, -0.15) is 0 Å². The molecule has 4 nitrogen and oxygen atoms in total. The van der Waals surface area contributed by atoms with Gasteiger partial charge in [0.2, 0.25) is 5.91 Å². The second-order valence-electron chi connectivity index (χ2n) is 5.70. The lowest BCUT2D eigenvalue weighted by molar-refractivity contribution is -0.142. The minimum Gasteiger partial charge on any atom is -0.481 e. The third kappa shape index (κ3) is 3.40. The Morgan fingerprint density at radius 3 is 2.76 bits per heavy atom. The number of halogens is 2. The highest BCUT2D eigenvalue weighted by Gasteiger charge is 2.45. The molecule has 6 heteroatoms. The smallest absolute Gasteiger partial charge is 0.309 e. The molecule has 1 aliphatic rings. The highest BCUT2D eigenvalue weighted by atomic mass is 79.9. The molecule has 114 valence electrons. The van der Waals surface area contributed by atoms with E-state index in [4.69, 9.17) is 11.6 Å². The van der Waals surface area contributed by atoms with Crippen LogP contribution in [0.1, 0.15) is 31.9 Å². The predicted octanol–water partition coefficient (Wildman–Crippen LogP) is 3.73. The summed E-state index contributed by atoms with van der Waals surface area (Å²) in [5.74, 6) is -1.55. The van der Waals surface area contributed by atoms with Crippen molar-refractivity contribution in [2.75, 3.05) is 6.54 Å². The molecule has 1 aliphatic heterocycles. The molecule has 0 bridgehead atoms. The van der Waals surface area contributed by atoms with Gasteiger partial charge in [0.1, 0.15) is 0 Å². The molecule has 1 N–H and O–H groups in total. The quantitative estimate of drug-likeness (QED) is 0.873. The second-order valence-corrected chi connectivity index (χ2v) is 6.99. The van der Waals surface area contributed by atoms with Crippen molar-refractivity contribution < 1.29 is 14.7 Å². The zero-order chi connectivity index (χ0) is 15.7. The highest BCUT2D eigenvalue weighted by molar-refractivity contribution is 9.10. The molecule has 1 aromatic carbocycles. The Bertz CT molecular complexity index is 576. The number of carbonyl (C=O) groups is 2. The van der Waals surface area contributed by atoms with E-state index in [-0.39, 0.29) is 18.2 Å². The fourth-order valence-corrected chi connectivity index (χ4v) is 3.41. The number of carboxylic acid groups (broad SMARTS) is 1. The molecule has 2 atom stereocenters. The van der Waals surface area contributed by atoms with Crippen LogP contribution in [-0.2, 0) is 9.59 Å². The van der Waals surface area contributed by atoms with Crippen molar-refractivity contribution in [3.8, 4) is 0 Å². The van der Waals surface area contributed by atoms with E-state index in [1.807, 2.05) is 13.8 Å². The summed E-state index contributed by atoms with van der Waals surface area (Å²) in [6.07, 6.45) is 0.0334. The molecule has 1 fully saturated rings. The Morgan fingerprint density at radius 2 is 2.19 bits per heavy atom. The van der Waals surface area contributed by atoms with Gasteiger partial charge in [0.15, 0.2) is 0 Å². The van der Waals surface area contributed by atoms with Gasteiger partial charge in [-0.05, 0) is 29.7 Å². The van der Waals surface area contributed by atoms with Gasteiger partial charge in [-0.25, -0.2) is 0 Å². The molecule has 0 radical (unpaired) electrons. The van der Waals surface area contributed by atoms with Crippen LogP contribution < -0.4 is 0 Å². The van der Waals surface area contributed by atoms with Gasteiger partial charge in [0, 0.05) is 22.5 Å². The summed E-state index contributed by atoms with van der Waals surface area (Å²) in [5.41, 5.74) is 0.751. The number of amides is 1. The van der Waals surface area contributed by atoms with Crippen LogP contribution >= 0.6 is 27.5 Å². The predicted molar refractivity (Wildman–Crippen MR) is 84.2 cm³/mol. The van der Waals surface area contributed by atoms with Gasteiger partial charge >= 0.3 is 5.97 Å². The lowest BCUT2D eigenvalue weighted by atomic mass is 9.93. The summed E-state index contributed by atoms with van der Waals surface area (Å²) in [4.78, 5) is 25.4. The van der Waals surface area contributed by atoms with Crippen LogP contribution in [-0.4, -0.2) is 28.4 Å². The van der Waals surface area contributed by atoms with E-state index < -0.39 is 17.9 Å². The molecule has 0 spiro atoms. The zero-order valence-electron chi connectivity index (χ0n) is 11.8. The van der Waals surface area contributed by atoms with Gasteiger partial charge in [0.25, 0.3) is 0 Å². The normalized spacial score (nSPS) is 22.1. The molecular weight excluding hydrogens is 358 g/mol. The van der Waals surface area contributed by atoms with E-state index in [0.717, 1.165) is 10.0 Å². The van der Waals surface area contributed by atoms with Crippen molar-refractivity contribution in [3.63, 3.8) is 0 Å². The maximum absolute atomic E-state index is 12.2. The number of hydrogen-bond acceptors (Lipinski definition) is 2. The van der Waals surface area contributed by atoms with Crippen LogP contribution in [0, 0.1) is 11.8 Å². The molecule has 1 saturated heterocycles. The van der Waals surface area contributed by atoms with E-state index in [9.17, 15) is 14.7 Å². The molecule has 21 heavy (non-hydrogen) atoms. The summed E-state index contributed by atoms with van der Waals surface area (Å²) in [7, 11) is 0. The van der Waals surface area contributed by atoms with E-state index >= 15 is 0 Å². The van der Waals surface area contributed by atoms with Crippen molar-refractivity contribution in [2.45, 2.75) is 26.3 Å². The monoisotopic (exact) mass is 373 g/mol. The zero-order valence-corrected chi connectivity index (χ0v) is 14.2. The maximum atomic E-state index is 12.2. The second kappa shape index (κ2) is 6.36. The van der Waals surface area contributed by atoms with Crippen molar-refractivity contribution >= 4 is 39.4 Å². The third-order valence-corrected chi connectivity index (χ3v) is 4.54. The molecule has 0 saturated carbocycles. The standard InChI is InChI=1S/C15H17BrClNO3/c1-8(2)7-18-13(19)6-11(15(20)21)14(18)10-5-9(17)3-4-12(10)16/h3-5,8,11,14H,6-7H2,1-2H3,(H,20,21). The van der Waals surface area contributed by atoms with E-state index in [1.54, 1.807) is 23.1 Å². The lowest BCUT2D eigenvalue weighted by Crippen LogP contribution is -2.33. The summed E-state index contributed by atoms with van der Waals surface area (Å²) in [5, 5.41) is 9.98. The topological polar surface area (TPSA) is 57.6 Å². The van der Waals surface area contributed by atoms with Gasteiger partial charge < -0.3 is 10.0 Å². The number of nitrogens with zero attached hydrogens (tertiary/aromatic N) is 1. The van der Waals surface area contributed by atoms with Crippen molar-refractivity contribution in [2.24, 2.45) is 11.8 Å². The average Bonchev–Trinajstić information content (AvgIpc) is 2.70. The number of likely N-dealkylation sites (tertiary alicyclic amines) is 1. The molecule has 0 aliphatic carbocycles. The number of hydrogen-bond donors (Lipinski definition) is 1. The van der Waals surface area contributed by atoms with Crippen LogP contribution in [0.4, 0.5) is 0 Å². The summed E-state index contributed by atoms with van der Waals surface area (Å²) < 4.78 is 0.770. The fraction of sp³-hybridized carbons (Fsp3) is 0.467. The number of aliphatic carboxylic acids is 1. The summed E-state index contributed by atoms with van der Waals surface area (Å²) in [6, 6.07) is 4.77. The largest absolute Gasteiger partial charge is 0.481 e. The van der Waals surface area contributed by atoms with Crippen LogP contribution in [0.15, 0.2) is 22.7 Å². The Balaban J connectivity index is 2.48. The molecule has 1 heterocycles. The molecular formula is C15H17BrClNO3. The third-order valence-electron chi connectivity index (χ3n) is 3.59. The van der Waals surface area contributed by atoms with E-state index in [1.165, 1.54) is 0 Å². The molecule has 2 rings (SSSR count). The lowest BCUT2D eigenvalue weighted by Gasteiger charge is -2.29. The minimum absolute atomic E-state index is 0.0334. The Kier molecular flexibility index (Phi) is 4.94. The van der Waals surface area contributed by atoms with Crippen molar-refractivity contribution in [1.82, 2.24) is 4.90 Å². The Labute approximate surface area is 137 Å². The first-order chi connectivity index (χ1) is 9.81. The Morgan fingerprint density at radius 1 is 1.52 bits per heavy atom. The average molecular weight is 375 g/mol. The first kappa shape index (κ1) is 16.3. The number of rotatable bonds is 4. The first-order valence-corrected chi connectivity index (χ1v) is 7.95. The number of carboxylic acids is 1. The summed E-state index contributed by atoms with van der Waals surface area (Å²) >= 11 is 9.48. The first-order valence-electron chi connectivity index (χ1n) is 6.78. The number of carbonyl (C=O) groups excluding carboxylic acids is 1. The van der Waals surface area contributed by atoms with Crippen LogP contribution in [0.5, 0.6) is 0 Å². The minimum atomic E-state index is -0.952. The summed E-state index contributed by atoms with van der Waals surface area (Å²) in [6.45, 7) is 4.54. The SMILES string of the molecule is CC(C)CN1C(=O)CC(C(=O)O)C1c1cc(Cl)ccc1Br. The molecule has 1 aromatic rings. The van der Waals surface area contributed by atoms with Gasteiger partial charge in [-0.3, -0.25) is 9.59 Å². The van der Waals surface area contributed by atoms with Gasteiger partial charge in [0.05, 0.1) is 12.0 Å². The van der Waals surface area contributed by atoms with Crippen molar-refractivity contribution in [3.05, 3.63) is 33.3 Å². The fourth-order valence-electron chi connectivity index (χ4n) is 2.75.